The maximum atomic E-state index is 11.6. The first-order chi connectivity index (χ1) is 9.80. The highest BCUT2D eigenvalue weighted by Crippen LogP contribution is 2.17. The van der Waals surface area contributed by atoms with Gasteiger partial charge in [-0.1, -0.05) is 0 Å². The first-order valence-electron chi connectivity index (χ1n) is 6.96. The fourth-order valence-electron chi connectivity index (χ4n) is 1.72. The Kier molecular flexibility index (Phi) is 6.84. The average molecular weight is 312 g/mol. The monoisotopic (exact) mass is 312 g/mol. The van der Waals surface area contributed by atoms with Crippen molar-refractivity contribution in [1.82, 2.24) is 10.6 Å². The minimum absolute atomic E-state index is 0.0487. The summed E-state index contributed by atoms with van der Waals surface area (Å²) in [4.78, 5) is 24.9. The summed E-state index contributed by atoms with van der Waals surface area (Å²) in [6.07, 6.45) is 0.771. The molecule has 21 heavy (non-hydrogen) atoms. The highest BCUT2D eigenvalue weighted by atomic mass is 32.1. The van der Waals surface area contributed by atoms with E-state index in [-0.39, 0.29) is 17.4 Å². The number of hydrogen-bond acceptors (Lipinski definition) is 5. The number of nitrogens with one attached hydrogen (secondary N) is 2. The Morgan fingerprint density at radius 3 is 2.52 bits per heavy atom. The molecule has 1 aromatic heterocycles. The van der Waals surface area contributed by atoms with Gasteiger partial charge in [-0.3, -0.25) is 9.59 Å². The van der Waals surface area contributed by atoms with Gasteiger partial charge in [0.1, 0.15) is 0 Å². The first kappa shape index (κ1) is 17.7. The van der Waals surface area contributed by atoms with E-state index in [4.69, 9.17) is 0 Å². The predicted octanol–water partition coefficient (Wildman–Crippen LogP) is 1.86. The summed E-state index contributed by atoms with van der Waals surface area (Å²) < 4.78 is 4.64. The molecule has 1 heterocycles. The van der Waals surface area contributed by atoms with Gasteiger partial charge >= 0.3 is 5.97 Å². The largest absolute Gasteiger partial charge is 0.469 e. The SMILES string of the molecule is COC(=O)Cc1ccc(CNCCC(=O)NC(C)(C)C)s1. The summed E-state index contributed by atoms with van der Waals surface area (Å²) in [6, 6.07) is 3.93. The van der Waals surface area contributed by atoms with Crippen molar-refractivity contribution in [3.8, 4) is 0 Å². The van der Waals surface area contributed by atoms with Crippen molar-refractivity contribution in [3.63, 3.8) is 0 Å². The Morgan fingerprint density at radius 2 is 1.90 bits per heavy atom. The van der Waals surface area contributed by atoms with Crippen molar-refractivity contribution >= 4 is 23.2 Å². The van der Waals surface area contributed by atoms with Gasteiger partial charge in [-0.2, -0.15) is 0 Å². The second kappa shape index (κ2) is 8.14. The maximum absolute atomic E-state index is 11.6. The molecule has 0 saturated heterocycles. The molecule has 118 valence electrons. The lowest BCUT2D eigenvalue weighted by atomic mass is 10.1. The molecule has 0 spiro atoms. The Morgan fingerprint density at radius 1 is 1.24 bits per heavy atom. The van der Waals surface area contributed by atoms with E-state index in [9.17, 15) is 9.59 Å². The van der Waals surface area contributed by atoms with Crippen LogP contribution in [0.15, 0.2) is 12.1 Å². The summed E-state index contributed by atoms with van der Waals surface area (Å²) >= 11 is 1.58. The lowest BCUT2D eigenvalue weighted by molar-refractivity contribution is -0.139. The second-order valence-corrected chi connectivity index (χ2v) is 7.10. The molecule has 0 radical (unpaired) electrons. The number of hydrogen-bond donors (Lipinski definition) is 2. The van der Waals surface area contributed by atoms with Gasteiger partial charge in [0, 0.05) is 34.8 Å². The molecule has 5 nitrogen and oxygen atoms in total. The van der Waals surface area contributed by atoms with E-state index in [1.165, 1.54) is 7.11 Å². The van der Waals surface area contributed by atoms with Gasteiger partial charge < -0.3 is 15.4 Å². The standard InChI is InChI=1S/C15H24N2O3S/c1-15(2,3)17-13(18)7-8-16-10-12-6-5-11(21-12)9-14(19)20-4/h5-6,16H,7-10H2,1-4H3,(H,17,18). The average Bonchev–Trinajstić information content (AvgIpc) is 2.80. The smallest absolute Gasteiger partial charge is 0.310 e. The van der Waals surface area contributed by atoms with Crippen LogP contribution in [-0.4, -0.2) is 31.1 Å². The highest BCUT2D eigenvalue weighted by molar-refractivity contribution is 7.12. The van der Waals surface area contributed by atoms with Gasteiger partial charge in [0.2, 0.25) is 5.91 Å². The zero-order valence-corrected chi connectivity index (χ0v) is 13.9. The molecule has 1 rings (SSSR count). The molecule has 0 aliphatic heterocycles. The Labute approximate surface area is 130 Å². The number of amides is 1. The molecule has 0 atom stereocenters. The number of carbonyl (C=O) groups is 2. The van der Waals surface area contributed by atoms with Crippen LogP contribution < -0.4 is 10.6 Å². The van der Waals surface area contributed by atoms with E-state index in [2.05, 4.69) is 15.4 Å². The molecule has 2 N–H and O–H groups in total. The number of ether oxygens (including phenoxy) is 1. The molecule has 0 aliphatic rings. The number of thiophene rings is 1. The van der Waals surface area contributed by atoms with Gasteiger partial charge in [0.05, 0.1) is 13.5 Å². The van der Waals surface area contributed by atoms with E-state index < -0.39 is 0 Å². The molecule has 0 aliphatic carbocycles. The van der Waals surface area contributed by atoms with Crippen LogP contribution in [0.5, 0.6) is 0 Å². The van der Waals surface area contributed by atoms with E-state index >= 15 is 0 Å². The van der Waals surface area contributed by atoms with Gasteiger partial charge in [0.15, 0.2) is 0 Å². The van der Waals surface area contributed by atoms with Crippen LogP contribution in [0, 0.1) is 0 Å². The fourth-order valence-corrected chi connectivity index (χ4v) is 2.69. The number of esters is 1. The topological polar surface area (TPSA) is 67.4 Å². The molecule has 0 saturated carbocycles. The second-order valence-electron chi connectivity index (χ2n) is 5.85. The summed E-state index contributed by atoms with van der Waals surface area (Å²) in [5, 5.41) is 6.15. The van der Waals surface area contributed by atoms with E-state index in [1.54, 1.807) is 11.3 Å². The maximum Gasteiger partial charge on any atom is 0.310 e. The van der Waals surface area contributed by atoms with Gasteiger partial charge in [-0.05, 0) is 32.9 Å². The number of rotatable bonds is 7. The Balaban J connectivity index is 2.24. The summed E-state index contributed by atoms with van der Waals surface area (Å²) in [5.74, 6) is -0.178. The normalized spacial score (nSPS) is 11.2. The molecule has 0 bridgehead atoms. The van der Waals surface area contributed by atoms with Crippen LogP contribution >= 0.6 is 11.3 Å². The summed E-state index contributed by atoms with van der Waals surface area (Å²) in [7, 11) is 1.39. The van der Waals surface area contributed by atoms with Crippen LogP contribution in [0.25, 0.3) is 0 Å². The van der Waals surface area contributed by atoms with E-state index in [1.807, 2.05) is 32.9 Å². The zero-order valence-electron chi connectivity index (χ0n) is 13.1. The van der Waals surface area contributed by atoms with Gasteiger partial charge in [-0.15, -0.1) is 11.3 Å². The van der Waals surface area contributed by atoms with Crippen molar-refractivity contribution in [2.75, 3.05) is 13.7 Å². The molecular formula is C15H24N2O3S. The molecule has 0 fully saturated rings. The fraction of sp³-hybridized carbons (Fsp3) is 0.600. The summed E-state index contributed by atoms with van der Waals surface area (Å²) in [5.41, 5.74) is -0.187. The highest BCUT2D eigenvalue weighted by Gasteiger charge is 2.13. The van der Waals surface area contributed by atoms with Crippen LogP contribution in [0.3, 0.4) is 0 Å². The minimum Gasteiger partial charge on any atom is -0.469 e. The predicted molar refractivity (Wildman–Crippen MR) is 84.3 cm³/mol. The quantitative estimate of drug-likeness (QED) is 0.596. The van der Waals surface area contributed by atoms with E-state index in [0.29, 0.717) is 25.9 Å². The Bertz CT molecular complexity index is 478. The zero-order chi connectivity index (χ0) is 15.9. The van der Waals surface area contributed by atoms with Crippen molar-refractivity contribution in [2.45, 2.75) is 45.7 Å². The molecule has 0 aromatic carbocycles. The van der Waals surface area contributed by atoms with Crippen LogP contribution in [0.4, 0.5) is 0 Å². The third kappa shape index (κ3) is 7.82. The van der Waals surface area contributed by atoms with Crippen molar-refractivity contribution in [1.29, 1.82) is 0 Å². The first-order valence-corrected chi connectivity index (χ1v) is 7.78. The molecule has 1 amide bonds. The number of methoxy groups -OCH3 is 1. The van der Waals surface area contributed by atoms with Crippen LogP contribution in [0.1, 0.15) is 36.9 Å². The molecule has 0 unspecified atom stereocenters. The van der Waals surface area contributed by atoms with Gasteiger partial charge in [0.25, 0.3) is 0 Å². The lowest BCUT2D eigenvalue weighted by Gasteiger charge is -2.20. The third-order valence-corrected chi connectivity index (χ3v) is 3.69. The third-order valence-electron chi connectivity index (χ3n) is 2.61. The minimum atomic E-state index is -0.227. The molecule has 6 heteroatoms. The van der Waals surface area contributed by atoms with Crippen molar-refractivity contribution in [2.24, 2.45) is 0 Å². The molecular weight excluding hydrogens is 288 g/mol. The lowest BCUT2D eigenvalue weighted by Crippen LogP contribution is -2.41. The van der Waals surface area contributed by atoms with Crippen molar-refractivity contribution in [3.05, 3.63) is 21.9 Å². The van der Waals surface area contributed by atoms with Crippen LogP contribution in [-0.2, 0) is 27.3 Å². The number of carbonyl (C=O) groups excluding carboxylic acids is 2. The van der Waals surface area contributed by atoms with Crippen molar-refractivity contribution < 1.29 is 14.3 Å². The van der Waals surface area contributed by atoms with E-state index in [0.717, 1.165) is 9.75 Å². The summed E-state index contributed by atoms with van der Waals surface area (Å²) in [6.45, 7) is 7.23. The Hall–Kier alpha value is -1.40. The molecule has 1 aromatic rings. The van der Waals surface area contributed by atoms with Gasteiger partial charge in [-0.25, -0.2) is 0 Å². The van der Waals surface area contributed by atoms with Crippen LogP contribution in [0.2, 0.25) is 0 Å².